The molecule has 0 bridgehead atoms. The van der Waals surface area contributed by atoms with E-state index in [2.05, 4.69) is 10.1 Å². The average Bonchev–Trinajstić information content (AvgIpc) is 2.57. The van der Waals surface area contributed by atoms with Crippen molar-refractivity contribution in [1.29, 1.82) is 0 Å². The molecule has 7 heteroatoms. The number of benzene rings is 1. The number of aliphatic hydroxyl groups is 1. The molecule has 3 aromatic rings. The Morgan fingerprint density at radius 2 is 2.22 bits per heavy atom. The molecule has 0 radical (unpaired) electrons. The molecule has 2 aromatic heterocycles. The number of halogens is 1. The summed E-state index contributed by atoms with van der Waals surface area (Å²) in [6, 6.07) is 7.44. The Bertz CT molecular complexity index is 910. The maximum atomic E-state index is 13.7. The van der Waals surface area contributed by atoms with Crippen LogP contribution in [0, 0.1) is 5.82 Å². The molecule has 2 heterocycles. The second kappa shape index (κ2) is 6.13. The molecular weight excluding hydrogens is 301 g/mol. The number of hydrogen-bond acceptors (Lipinski definition) is 5. The molecule has 1 unspecified atom stereocenters. The van der Waals surface area contributed by atoms with Crippen LogP contribution in [-0.2, 0) is 6.54 Å². The Morgan fingerprint density at radius 3 is 2.96 bits per heavy atom. The maximum absolute atomic E-state index is 13.7. The van der Waals surface area contributed by atoms with Gasteiger partial charge < -0.3 is 9.84 Å². The maximum Gasteiger partial charge on any atom is 0.276 e. The highest BCUT2D eigenvalue weighted by molar-refractivity contribution is 5.75. The SMILES string of the molecule is COc1ccc(C(O)Cn2ncc3ncccc3c2=O)cc1F. The summed E-state index contributed by atoms with van der Waals surface area (Å²) in [7, 11) is 1.36. The number of aromatic nitrogens is 3. The predicted molar refractivity (Wildman–Crippen MR) is 81.7 cm³/mol. The van der Waals surface area contributed by atoms with Crippen LogP contribution in [0.3, 0.4) is 0 Å². The Balaban J connectivity index is 1.91. The number of nitrogens with zero attached hydrogens (tertiary/aromatic N) is 3. The van der Waals surface area contributed by atoms with Gasteiger partial charge in [-0.3, -0.25) is 9.78 Å². The number of methoxy groups -OCH3 is 1. The first-order valence-corrected chi connectivity index (χ1v) is 6.92. The number of rotatable bonds is 4. The molecule has 23 heavy (non-hydrogen) atoms. The van der Waals surface area contributed by atoms with Crippen LogP contribution >= 0.6 is 0 Å². The lowest BCUT2D eigenvalue weighted by Crippen LogP contribution is -2.26. The van der Waals surface area contributed by atoms with Gasteiger partial charge in [-0.2, -0.15) is 5.10 Å². The average molecular weight is 315 g/mol. The lowest BCUT2D eigenvalue weighted by molar-refractivity contribution is 0.149. The second-order valence-electron chi connectivity index (χ2n) is 4.98. The van der Waals surface area contributed by atoms with Crippen molar-refractivity contribution in [3.63, 3.8) is 0 Å². The summed E-state index contributed by atoms with van der Waals surface area (Å²) in [5, 5.41) is 14.6. The third kappa shape index (κ3) is 2.91. The van der Waals surface area contributed by atoms with Crippen molar-refractivity contribution in [3.05, 3.63) is 64.5 Å². The highest BCUT2D eigenvalue weighted by atomic mass is 19.1. The minimum Gasteiger partial charge on any atom is -0.494 e. The molecule has 1 aromatic carbocycles. The van der Waals surface area contributed by atoms with E-state index in [0.717, 1.165) is 4.68 Å². The Kier molecular flexibility index (Phi) is 4.03. The fourth-order valence-corrected chi connectivity index (χ4v) is 2.31. The third-order valence-electron chi connectivity index (χ3n) is 3.53. The molecule has 0 saturated carbocycles. The quantitative estimate of drug-likeness (QED) is 0.792. The van der Waals surface area contributed by atoms with Gasteiger partial charge in [-0.15, -0.1) is 0 Å². The van der Waals surface area contributed by atoms with Crippen molar-refractivity contribution in [2.45, 2.75) is 12.6 Å². The zero-order chi connectivity index (χ0) is 16.4. The third-order valence-corrected chi connectivity index (χ3v) is 3.53. The number of fused-ring (bicyclic) bond motifs is 1. The topological polar surface area (TPSA) is 77.2 Å². The van der Waals surface area contributed by atoms with Gasteiger partial charge in [-0.05, 0) is 29.8 Å². The van der Waals surface area contributed by atoms with E-state index >= 15 is 0 Å². The first-order chi connectivity index (χ1) is 11.1. The molecule has 0 spiro atoms. The molecule has 118 valence electrons. The summed E-state index contributed by atoms with van der Waals surface area (Å²) >= 11 is 0. The van der Waals surface area contributed by atoms with Gasteiger partial charge in [0.15, 0.2) is 11.6 Å². The van der Waals surface area contributed by atoms with Crippen molar-refractivity contribution in [1.82, 2.24) is 14.8 Å². The smallest absolute Gasteiger partial charge is 0.276 e. The zero-order valence-electron chi connectivity index (χ0n) is 12.3. The molecule has 3 rings (SSSR count). The van der Waals surface area contributed by atoms with Crippen LogP contribution in [0.25, 0.3) is 10.9 Å². The molecule has 0 aliphatic rings. The Labute approximate surface area is 130 Å². The zero-order valence-corrected chi connectivity index (χ0v) is 12.3. The normalized spacial score (nSPS) is 12.3. The van der Waals surface area contributed by atoms with Crippen LogP contribution in [0.15, 0.2) is 47.5 Å². The standard InChI is InChI=1S/C16H14FN3O3/c1-23-15-5-4-10(7-12(15)17)14(21)9-20-16(22)11-3-2-6-18-13(11)8-19-20/h2-8,14,21H,9H2,1H3. The van der Waals surface area contributed by atoms with Crippen molar-refractivity contribution in [2.75, 3.05) is 7.11 Å². The van der Waals surface area contributed by atoms with E-state index < -0.39 is 11.9 Å². The fraction of sp³-hybridized carbons (Fsp3) is 0.188. The summed E-state index contributed by atoms with van der Waals surface area (Å²) in [6.07, 6.45) is 1.95. The summed E-state index contributed by atoms with van der Waals surface area (Å²) < 4.78 is 19.7. The van der Waals surface area contributed by atoms with Crippen LogP contribution < -0.4 is 10.3 Å². The van der Waals surface area contributed by atoms with Crippen molar-refractivity contribution in [2.24, 2.45) is 0 Å². The Hall–Kier alpha value is -2.80. The van der Waals surface area contributed by atoms with Crippen LogP contribution in [-0.4, -0.2) is 27.0 Å². The van der Waals surface area contributed by atoms with Crippen LogP contribution in [0.4, 0.5) is 4.39 Å². The van der Waals surface area contributed by atoms with Crippen molar-refractivity contribution >= 4 is 10.9 Å². The van der Waals surface area contributed by atoms with E-state index in [9.17, 15) is 14.3 Å². The highest BCUT2D eigenvalue weighted by Gasteiger charge is 2.14. The number of pyridine rings is 1. The molecule has 6 nitrogen and oxygen atoms in total. The van der Waals surface area contributed by atoms with E-state index in [0.29, 0.717) is 16.5 Å². The summed E-state index contributed by atoms with van der Waals surface area (Å²) in [5.74, 6) is -0.486. The van der Waals surface area contributed by atoms with Crippen molar-refractivity contribution < 1.29 is 14.2 Å². The van der Waals surface area contributed by atoms with E-state index in [-0.39, 0.29) is 17.9 Å². The fourth-order valence-electron chi connectivity index (χ4n) is 2.31. The van der Waals surface area contributed by atoms with Crippen LogP contribution in [0.5, 0.6) is 5.75 Å². The monoisotopic (exact) mass is 315 g/mol. The number of ether oxygens (including phenoxy) is 1. The first-order valence-electron chi connectivity index (χ1n) is 6.92. The number of hydrogen-bond donors (Lipinski definition) is 1. The van der Waals surface area contributed by atoms with Gasteiger partial charge in [0.25, 0.3) is 5.56 Å². The lowest BCUT2D eigenvalue weighted by atomic mass is 10.1. The lowest BCUT2D eigenvalue weighted by Gasteiger charge is -2.13. The van der Waals surface area contributed by atoms with E-state index in [1.807, 2.05) is 0 Å². The van der Waals surface area contributed by atoms with Crippen molar-refractivity contribution in [3.8, 4) is 5.75 Å². The minimum absolute atomic E-state index is 0.0879. The van der Waals surface area contributed by atoms with Gasteiger partial charge in [0.05, 0.1) is 36.9 Å². The van der Waals surface area contributed by atoms with E-state index in [1.54, 1.807) is 24.4 Å². The predicted octanol–water partition coefficient (Wildman–Crippen LogP) is 1.67. The number of aliphatic hydroxyl groups excluding tert-OH is 1. The van der Waals surface area contributed by atoms with E-state index in [4.69, 9.17) is 4.74 Å². The molecule has 0 amide bonds. The second-order valence-corrected chi connectivity index (χ2v) is 4.98. The molecule has 0 aliphatic carbocycles. The molecular formula is C16H14FN3O3. The minimum atomic E-state index is -1.07. The van der Waals surface area contributed by atoms with Crippen LogP contribution in [0.1, 0.15) is 11.7 Å². The molecule has 0 aliphatic heterocycles. The van der Waals surface area contributed by atoms with Gasteiger partial charge in [0.2, 0.25) is 0 Å². The van der Waals surface area contributed by atoms with E-state index in [1.165, 1.54) is 25.4 Å². The van der Waals surface area contributed by atoms with Gasteiger partial charge in [-0.1, -0.05) is 6.07 Å². The summed E-state index contributed by atoms with van der Waals surface area (Å²) in [6.45, 7) is -0.0879. The van der Waals surface area contributed by atoms with Gasteiger partial charge >= 0.3 is 0 Å². The van der Waals surface area contributed by atoms with Gasteiger partial charge in [0.1, 0.15) is 0 Å². The van der Waals surface area contributed by atoms with Gasteiger partial charge in [0, 0.05) is 6.20 Å². The van der Waals surface area contributed by atoms with Gasteiger partial charge in [-0.25, -0.2) is 9.07 Å². The summed E-state index contributed by atoms with van der Waals surface area (Å²) in [4.78, 5) is 16.4. The molecule has 0 saturated heterocycles. The first kappa shape index (κ1) is 15.1. The highest BCUT2D eigenvalue weighted by Crippen LogP contribution is 2.22. The molecule has 0 fully saturated rings. The summed E-state index contributed by atoms with van der Waals surface area (Å²) in [5.41, 5.74) is 0.464. The Morgan fingerprint density at radius 1 is 1.39 bits per heavy atom. The van der Waals surface area contributed by atoms with Crippen LogP contribution in [0.2, 0.25) is 0 Å². The largest absolute Gasteiger partial charge is 0.494 e. The molecule has 1 atom stereocenters. The molecule has 1 N–H and O–H groups in total.